The lowest BCUT2D eigenvalue weighted by molar-refractivity contribution is 0.0299. The molecule has 2 aromatic carbocycles. The Bertz CT molecular complexity index is 905. The van der Waals surface area contributed by atoms with Crippen molar-refractivity contribution in [1.82, 2.24) is 15.1 Å². The fourth-order valence-corrected chi connectivity index (χ4v) is 3.99. The molecule has 0 amide bonds. The molecule has 1 aromatic heterocycles. The second kappa shape index (κ2) is 7.62. The highest BCUT2D eigenvalue weighted by Gasteiger charge is 2.30. The molecule has 140 valence electrons. The lowest BCUT2D eigenvalue weighted by Gasteiger charge is -2.34. The number of aryl methyl sites for hydroxylation is 1. The highest BCUT2D eigenvalue weighted by atomic mass is 16.5. The number of methoxy groups -OCH3 is 1. The van der Waals surface area contributed by atoms with Crippen LogP contribution in [0.25, 0.3) is 22.9 Å². The number of ether oxygens (including phenoxy) is 1. The highest BCUT2D eigenvalue weighted by Crippen LogP contribution is 2.38. The first-order chi connectivity index (χ1) is 13.2. The van der Waals surface area contributed by atoms with Crippen LogP contribution in [-0.2, 0) is 11.2 Å². The fraction of sp³-hybridized carbons (Fsp3) is 0.364. The third-order valence-electron chi connectivity index (χ3n) is 5.21. The van der Waals surface area contributed by atoms with Crippen LogP contribution in [0.2, 0.25) is 0 Å². The zero-order valence-electron chi connectivity index (χ0n) is 16.1. The van der Waals surface area contributed by atoms with Gasteiger partial charge in [-0.2, -0.15) is 0 Å². The standard InChI is InChI=1S/C22H25N3O2/c1-25(2)14-18-10-9-16-13-17(11-12-19(16)20(18)26-3)22-24-23-21(27-22)15-7-5-4-6-8-15/h4-8,11-13,18,20H,9-10,14H2,1-3H3. The van der Waals surface area contributed by atoms with E-state index in [9.17, 15) is 0 Å². The van der Waals surface area contributed by atoms with Gasteiger partial charge >= 0.3 is 0 Å². The van der Waals surface area contributed by atoms with Crippen LogP contribution < -0.4 is 0 Å². The number of benzene rings is 2. The Morgan fingerprint density at radius 3 is 2.48 bits per heavy atom. The van der Waals surface area contributed by atoms with Crippen molar-refractivity contribution >= 4 is 0 Å². The minimum Gasteiger partial charge on any atom is -0.416 e. The van der Waals surface area contributed by atoms with E-state index >= 15 is 0 Å². The molecule has 0 aliphatic heterocycles. The fourth-order valence-electron chi connectivity index (χ4n) is 3.99. The number of fused-ring (bicyclic) bond motifs is 1. The molecule has 5 nitrogen and oxygen atoms in total. The van der Waals surface area contributed by atoms with Crippen LogP contribution in [-0.4, -0.2) is 42.8 Å². The Morgan fingerprint density at radius 1 is 1.04 bits per heavy atom. The third kappa shape index (κ3) is 3.66. The monoisotopic (exact) mass is 363 g/mol. The van der Waals surface area contributed by atoms with Gasteiger partial charge in [0.15, 0.2) is 0 Å². The van der Waals surface area contributed by atoms with Crippen LogP contribution in [0.5, 0.6) is 0 Å². The van der Waals surface area contributed by atoms with E-state index in [1.54, 1.807) is 7.11 Å². The molecule has 0 spiro atoms. The summed E-state index contributed by atoms with van der Waals surface area (Å²) in [5.41, 5.74) is 4.49. The van der Waals surface area contributed by atoms with Gasteiger partial charge in [0.25, 0.3) is 0 Å². The summed E-state index contributed by atoms with van der Waals surface area (Å²) in [6, 6.07) is 16.2. The maximum absolute atomic E-state index is 5.91. The van der Waals surface area contributed by atoms with E-state index in [0.29, 0.717) is 17.7 Å². The molecule has 0 N–H and O–H groups in total. The van der Waals surface area contributed by atoms with E-state index in [1.165, 1.54) is 11.1 Å². The van der Waals surface area contributed by atoms with Crippen molar-refractivity contribution in [2.75, 3.05) is 27.7 Å². The van der Waals surface area contributed by atoms with Gasteiger partial charge in [-0.3, -0.25) is 0 Å². The van der Waals surface area contributed by atoms with Crippen LogP contribution in [0, 0.1) is 5.92 Å². The summed E-state index contributed by atoms with van der Waals surface area (Å²) >= 11 is 0. The Hall–Kier alpha value is -2.50. The van der Waals surface area contributed by atoms with Gasteiger partial charge in [-0.05, 0) is 62.3 Å². The minimum absolute atomic E-state index is 0.132. The molecule has 1 aliphatic carbocycles. The van der Waals surface area contributed by atoms with Crippen LogP contribution in [0.1, 0.15) is 23.7 Å². The predicted octanol–water partition coefficient (Wildman–Crippen LogP) is 4.22. The summed E-state index contributed by atoms with van der Waals surface area (Å²) in [6.07, 6.45) is 2.29. The van der Waals surface area contributed by atoms with Crippen molar-refractivity contribution in [1.29, 1.82) is 0 Å². The van der Waals surface area contributed by atoms with Crippen LogP contribution in [0.15, 0.2) is 52.9 Å². The summed E-state index contributed by atoms with van der Waals surface area (Å²) in [5.74, 6) is 1.61. The minimum atomic E-state index is 0.132. The van der Waals surface area contributed by atoms with Gasteiger partial charge in [0.1, 0.15) is 0 Å². The van der Waals surface area contributed by atoms with Crippen molar-refractivity contribution in [2.45, 2.75) is 18.9 Å². The number of hydrogen-bond donors (Lipinski definition) is 0. The molecule has 3 aromatic rings. The van der Waals surface area contributed by atoms with Gasteiger partial charge < -0.3 is 14.1 Å². The lowest BCUT2D eigenvalue weighted by Crippen LogP contribution is -2.31. The second-order valence-corrected chi connectivity index (χ2v) is 7.41. The number of aromatic nitrogens is 2. The van der Waals surface area contributed by atoms with Gasteiger partial charge in [0.05, 0.1) is 6.10 Å². The molecule has 0 radical (unpaired) electrons. The largest absolute Gasteiger partial charge is 0.416 e. The van der Waals surface area contributed by atoms with Crippen LogP contribution >= 0.6 is 0 Å². The molecular weight excluding hydrogens is 338 g/mol. The maximum Gasteiger partial charge on any atom is 0.248 e. The Kier molecular flexibility index (Phi) is 5.05. The quantitative estimate of drug-likeness (QED) is 0.679. The van der Waals surface area contributed by atoms with Crippen molar-refractivity contribution in [3.05, 3.63) is 59.7 Å². The molecule has 1 aliphatic rings. The topological polar surface area (TPSA) is 51.4 Å². The third-order valence-corrected chi connectivity index (χ3v) is 5.21. The van der Waals surface area contributed by atoms with E-state index in [2.05, 4.69) is 47.4 Å². The average molecular weight is 363 g/mol. The summed E-state index contributed by atoms with van der Waals surface area (Å²) < 4.78 is 11.8. The van der Waals surface area contributed by atoms with Gasteiger partial charge in [-0.1, -0.05) is 24.3 Å². The van der Waals surface area contributed by atoms with E-state index in [-0.39, 0.29) is 6.10 Å². The molecule has 0 saturated carbocycles. The predicted molar refractivity (Wildman–Crippen MR) is 105 cm³/mol. The molecule has 2 atom stereocenters. The maximum atomic E-state index is 5.91. The van der Waals surface area contributed by atoms with Gasteiger partial charge in [0, 0.05) is 30.7 Å². The van der Waals surface area contributed by atoms with E-state index in [1.807, 2.05) is 30.3 Å². The summed E-state index contributed by atoms with van der Waals surface area (Å²) in [6.45, 7) is 1.03. The molecule has 0 bridgehead atoms. The molecule has 2 unspecified atom stereocenters. The summed E-state index contributed by atoms with van der Waals surface area (Å²) in [5, 5.41) is 8.45. The van der Waals surface area contributed by atoms with Gasteiger partial charge in [0.2, 0.25) is 11.8 Å². The van der Waals surface area contributed by atoms with E-state index in [0.717, 1.165) is 30.5 Å². The first kappa shape index (κ1) is 17.9. The van der Waals surface area contributed by atoms with Crippen molar-refractivity contribution < 1.29 is 9.15 Å². The zero-order chi connectivity index (χ0) is 18.8. The molecule has 5 heteroatoms. The second-order valence-electron chi connectivity index (χ2n) is 7.41. The lowest BCUT2D eigenvalue weighted by atomic mass is 9.80. The SMILES string of the molecule is COC1c2ccc(-c3nnc(-c4ccccc4)o3)cc2CCC1CN(C)C. The van der Waals surface area contributed by atoms with Crippen molar-refractivity contribution in [3.8, 4) is 22.9 Å². The smallest absolute Gasteiger partial charge is 0.248 e. The molecule has 4 rings (SSSR count). The summed E-state index contributed by atoms with van der Waals surface area (Å²) in [4.78, 5) is 2.24. The highest BCUT2D eigenvalue weighted by molar-refractivity contribution is 5.59. The molecule has 1 heterocycles. The Balaban J connectivity index is 1.62. The normalized spacial score (nSPS) is 19.3. The average Bonchev–Trinajstić information content (AvgIpc) is 3.18. The molecule has 0 saturated heterocycles. The number of rotatable bonds is 5. The van der Waals surface area contributed by atoms with Crippen LogP contribution in [0.4, 0.5) is 0 Å². The first-order valence-electron chi connectivity index (χ1n) is 9.35. The van der Waals surface area contributed by atoms with E-state index in [4.69, 9.17) is 9.15 Å². The Morgan fingerprint density at radius 2 is 1.78 bits per heavy atom. The molecule has 0 fully saturated rings. The summed E-state index contributed by atoms with van der Waals surface area (Å²) in [7, 11) is 6.04. The van der Waals surface area contributed by atoms with Gasteiger partial charge in [-0.25, -0.2) is 0 Å². The zero-order valence-corrected chi connectivity index (χ0v) is 16.1. The van der Waals surface area contributed by atoms with E-state index < -0.39 is 0 Å². The van der Waals surface area contributed by atoms with Gasteiger partial charge in [-0.15, -0.1) is 10.2 Å². The Labute approximate surface area is 160 Å². The number of hydrogen-bond acceptors (Lipinski definition) is 5. The number of nitrogens with zero attached hydrogens (tertiary/aromatic N) is 3. The molecule has 27 heavy (non-hydrogen) atoms. The van der Waals surface area contributed by atoms with Crippen LogP contribution in [0.3, 0.4) is 0 Å². The first-order valence-corrected chi connectivity index (χ1v) is 9.35. The van der Waals surface area contributed by atoms with Crippen molar-refractivity contribution in [3.63, 3.8) is 0 Å². The van der Waals surface area contributed by atoms with Crippen molar-refractivity contribution in [2.24, 2.45) is 5.92 Å². The molecular formula is C22H25N3O2.